The quantitative estimate of drug-likeness (QED) is 0.413. The van der Waals surface area contributed by atoms with E-state index < -0.39 is 0 Å². The lowest BCUT2D eigenvalue weighted by Gasteiger charge is -2.27. The molecular formula is C28H27N7O2. The Morgan fingerprint density at radius 1 is 1.05 bits per heavy atom. The van der Waals surface area contributed by atoms with Crippen molar-refractivity contribution in [3.8, 4) is 23.1 Å². The number of hydrogen-bond acceptors (Lipinski definition) is 6. The number of nitrogens with one attached hydrogen (secondary N) is 1. The van der Waals surface area contributed by atoms with Gasteiger partial charge in [-0.25, -0.2) is 15.0 Å². The fourth-order valence-corrected chi connectivity index (χ4v) is 4.73. The molecule has 3 N–H and O–H groups in total. The van der Waals surface area contributed by atoms with Crippen LogP contribution in [0.15, 0.2) is 61.1 Å². The van der Waals surface area contributed by atoms with E-state index in [4.69, 9.17) is 10.7 Å². The maximum Gasteiger partial charge on any atom is 0.299 e. The van der Waals surface area contributed by atoms with E-state index in [2.05, 4.69) is 27.1 Å². The summed E-state index contributed by atoms with van der Waals surface area (Å²) in [6.07, 6.45) is 8.82. The summed E-state index contributed by atoms with van der Waals surface area (Å²) in [5, 5.41) is 2.79. The van der Waals surface area contributed by atoms with Crippen molar-refractivity contribution < 1.29 is 9.59 Å². The van der Waals surface area contributed by atoms with Crippen LogP contribution in [0.5, 0.6) is 0 Å². The number of rotatable bonds is 4. The van der Waals surface area contributed by atoms with Gasteiger partial charge in [-0.2, -0.15) is 0 Å². The second kappa shape index (κ2) is 10.5. The van der Waals surface area contributed by atoms with Gasteiger partial charge in [0.1, 0.15) is 28.7 Å². The normalized spacial score (nSPS) is 15.5. The molecule has 0 aliphatic carbocycles. The minimum atomic E-state index is -0.258. The average Bonchev–Trinajstić information content (AvgIpc) is 3.13. The summed E-state index contributed by atoms with van der Waals surface area (Å²) in [7, 11) is 0. The van der Waals surface area contributed by atoms with Crippen LogP contribution < -0.4 is 11.1 Å². The van der Waals surface area contributed by atoms with Gasteiger partial charge in [0.2, 0.25) is 0 Å². The average molecular weight is 494 g/mol. The standard InChI is InChI=1S/C28H27N7O2/c1-2-8-23(36)34-17-7-3-4-9-21(34)27-33-24(25-26(29)31-16-18-35(25)27)19-11-13-20(14-12-19)28(37)32-22-10-5-6-15-30-22/h5-6,10-16,18,21H,3-4,7,9,17H2,1H3,(H2,29,31)(H,30,32,37)/t21-/m0/s1. The van der Waals surface area contributed by atoms with Crippen molar-refractivity contribution >= 4 is 29.0 Å². The highest BCUT2D eigenvalue weighted by Gasteiger charge is 2.31. The first-order chi connectivity index (χ1) is 18.1. The molecule has 0 bridgehead atoms. The maximum atomic E-state index is 12.9. The minimum Gasteiger partial charge on any atom is -0.382 e. The third-order valence-corrected chi connectivity index (χ3v) is 6.48. The Morgan fingerprint density at radius 3 is 2.65 bits per heavy atom. The predicted molar refractivity (Wildman–Crippen MR) is 141 cm³/mol. The summed E-state index contributed by atoms with van der Waals surface area (Å²) >= 11 is 0. The number of hydrogen-bond donors (Lipinski definition) is 2. The number of amides is 2. The molecule has 0 unspecified atom stereocenters. The molecule has 0 saturated carbocycles. The third kappa shape index (κ3) is 4.86. The van der Waals surface area contributed by atoms with Crippen LogP contribution in [-0.4, -0.2) is 42.6 Å². The fourth-order valence-electron chi connectivity index (χ4n) is 4.73. The van der Waals surface area contributed by atoms with E-state index in [9.17, 15) is 9.59 Å². The van der Waals surface area contributed by atoms with Crippen molar-refractivity contribution in [1.29, 1.82) is 0 Å². The van der Waals surface area contributed by atoms with Gasteiger partial charge in [-0.1, -0.05) is 37.0 Å². The predicted octanol–water partition coefficient (Wildman–Crippen LogP) is 4.09. The van der Waals surface area contributed by atoms with Gasteiger partial charge in [0.15, 0.2) is 0 Å². The van der Waals surface area contributed by atoms with Gasteiger partial charge in [-0.05, 0) is 50.0 Å². The topological polar surface area (TPSA) is 119 Å². The van der Waals surface area contributed by atoms with Gasteiger partial charge < -0.3 is 16.0 Å². The number of nitrogens with zero attached hydrogens (tertiary/aromatic N) is 5. The van der Waals surface area contributed by atoms with Crippen LogP contribution in [0.2, 0.25) is 0 Å². The monoisotopic (exact) mass is 493 g/mol. The number of fused-ring (bicyclic) bond motifs is 1. The molecule has 1 saturated heterocycles. The zero-order valence-corrected chi connectivity index (χ0v) is 20.5. The van der Waals surface area contributed by atoms with Crippen LogP contribution in [0.3, 0.4) is 0 Å². The number of pyridine rings is 1. The van der Waals surface area contributed by atoms with Gasteiger partial charge in [0.05, 0.1) is 6.04 Å². The summed E-state index contributed by atoms with van der Waals surface area (Å²) in [5.74, 6) is 6.52. The maximum absolute atomic E-state index is 12.9. The second-order valence-corrected chi connectivity index (χ2v) is 8.83. The number of aromatic nitrogens is 4. The first kappa shape index (κ1) is 24.0. The lowest BCUT2D eigenvalue weighted by atomic mass is 10.1. The summed E-state index contributed by atoms with van der Waals surface area (Å²) in [5.41, 5.74) is 8.92. The number of benzene rings is 1. The molecule has 186 valence electrons. The van der Waals surface area contributed by atoms with Gasteiger partial charge in [0.25, 0.3) is 11.8 Å². The number of likely N-dealkylation sites (tertiary alicyclic amines) is 1. The Balaban J connectivity index is 1.53. The third-order valence-electron chi connectivity index (χ3n) is 6.48. The van der Waals surface area contributed by atoms with Gasteiger partial charge in [0, 0.05) is 36.3 Å². The number of nitrogens with two attached hydrogens (primary N) is 1. The number of nitrogen functional groups attached to an aromatic ring is 1. The molecule has 1 atom stereocenters. The molecule has 1 aliphatic heterocycles. The van der Waals surface area contributed by atoms with Crippen molar-refractivity contribution in [3.05, 3.63) is 72.4 Å². The summed E-state index contributed by atoms with van der Waals surface area (Å²) in [6.45, 7) is 2.30. The van der Waals surface area contributed by atoms with Crippen LogP contribution in [0.25, 0.3) is 16.8 Å². The minimum absolute atomic E-state index is 0.196. The number of anilines is 2. The first-order valence-electron chi connectivity index (χ1n) is 12.3. The van der Waals surface area contributed by atoms with Crippen molar-refractivity contribution in [1.82, 2.24) is 24.3 Å². The molecule has 0 spiro atoms. The highest BCUT2D eigenvalue weighted by molar-refractivity contribution is 6.04. The molecule has 9 heteroatoms. The Kier molecular flexibility index (Phi) is 6.81. The van der Waals surface area contributed by atoms with Crippen molar-refractivity contribution in [2.24, 2.45) is 0 Å². The molecule has 2 amide bonds. The summed E-state index contributed by atoms with van der Waals surface area (Å²) < 4.78 is 1.93. The van der Waals surface area contributed by atoms with E-state index in [0.29, 0.717) is 35.0 Å². The number of carbonyl (C=O) groups is 2. The summed E-state index contributed by atoms with van der Waals surface area (Å²) in [6, 6.07) is 12.2. The molecular weight excluding hydrogens is 466 g/mol. The molecule has 9 nitrogen and oxygen atoms in total. The van der Waals surface area contributed by atoms with Gasteiger partial charge in [-0.15, -0.1) is 0 Å². The SMILES string of the molecule is CC#CC(=O)N1CCCCC[C@H]1c1nc(-c2ccc(C(=O)Nc3ccccn3)cc2)c2c(N)nccn12. The highest BCUT2D eigenvalue weighted by Crippen LogP contribution is 2.35. The Morgan fingerprint density at radius 2 is 1.89 bits per heavy atom. The fraction of sp³-hybridized carbons (Fsp3) is 0.250. The van der Waals surface area contributed by atoms with Crippen molar-refractivity contribution in [2.45, 2.75) is 38.6 Å². The second-order valence-electron chi connectivity index (χ2n) is 8.83. The zero-order valence-electron chi connectivity index (χ0n) is 20.5. The van der Waals surface area contributed by atoms with Crippen LogP contribution in [0.1, 0.15) is 54.8 Å². The van der Waals surface area contributed by atoms with E-state index in [1.807, 2.05) is 33.7 Å². The lowest BCUT2D eigenvalue weighted by Crippen LogP contribution is -2.34. The lowest BCUT2D eigenvalue weighted by molar-refractivity contribution is -0.127. The molecule has 0 radical (unpaired) electrons. The molecule has 4 aromatic rings. The Labute approximate surface area is 214 Å². The van der Waals surface area contributed by atoms with E-state index in [0.717, 1.165) is 37.1 Å². The zero-order chi connectivity index (χ0) is 25.8. The molecule has 1 fully saturated rings. The van der Waals surface area contributed by atoms with Gasteiger partial charge in [-0.3, -0.25) is 14.0 Å². The molecule has 1 aromatic carbocycles. The molecule has 4 heterocycles. The van der Waals surface area contributed by atoms with Crippen LogP contribution >= 0.6 is 0 Å². The molecule has 1 aliphatic rings. The Bertz CT molecular complexity index is 1500. The van der Waals surface area contributed by atoms with E-state index >= 15 is 0 Å². The largest absolute Gasteiger partial charge is 0.382 e. The molecule has 3 aromatic heterocycles. The highest BCUT2D eigenvalue weighted by atomic mass is 16.2. The number of carbonyl (C=O) groups excluding carboxylic acids is 2. The van der Waals surface area contributed by atoms with Crippen molar-refractivity contribution in [2.75, 3.05) is 17.6 Å². The van der Waals surface area contributed by atoms with E-state index in [1.54, 1.807) is 43.6 Å². The smallest absolute Gasteiger partial charge is 0.299 e. The Hall–Kier alpha value is -4.71. The first-order valence-corrected chi connectivity index (χ1v) is 12.3. The van der Waals surface area contributed by atoms with Crippen LogP contribution in [0.4, 0.5) is 11.6 Å². The molecule has 37 heavy (non-hydrogen) atoms. The van der Waals surface area contributed by atoms with E-state index in [-0.39, 0.29) is 17.9 Å². The van der Waals surface area contributed by atoms with Crippen LogP contribution in [0, 0.1) is 11.8 Å². The number of imidazole rings is 1. The van der Waals surface area contributed by atoms with Crippen molar-refractivity contribution in [3.63, 3.8) is 0 Å². The van der Waals surface area contributed by atoms with Gasteiger partial charge >= 0.3 is 0 Å². The van der Waals surface area contributed by atoms with Crippen LogP contribution in [-0.2, 0) is 4.79 Å². The molecule has 5 rings (SSSR count). The summed E-state index contributed by atoms with van der Waals surface area (Å²) in [4.78, 5) is 40.8. The van der Waals surface area contributed by atoms with E-state index in [1.165, 1.54) is 0 Å².